The van der Waals surface area contributed by atoms with Crippen LogP contribution in [0.15, 0.2) is 0 Å². The van der Waals surface area contributed by atoms with Crippen LogP contribution < -0.4 is 0 Å². The van der Waals surface area contributed by atoms with E-state index in [0.29, 0.717) is 19.6 Å². The van der Waals surface area contributed by atoms with Gasteiger partial charge in [0, 0.05) is 6.42 Å². The van der Waals surface area contributed by atoms with Gasteiger partial charge in [-0.2, -0.15) is 0 Å². The van der Waals surface area contributed by atoms with Gasteiger partial charge in [0.2, 0.25) is 0 Å². The molecule has 0 N–H and O–H groups in total. The molecule has 0 aromatic heterocycles. The molecule has 168 valence electrons. The molecule has 0 unspecified atom stereocenters. The van der Waals surface area contributed by atoms with Crippen LogP contribution in [0, 0.1) is 0 Å². The van der Waals surface area contributed by atoms with Crippen LogP contribution in [-0.2, 0) is 18.4 Å². The zero-order valence-corrected chi connectivity index (χ0v) is 22.7. The fourth-order valence-corrected chi connectivity index (χ4v) is 4.01. The maximum absolute atomic E-state index is 12.3. The predicted molar refractivity (Wildman–Crippen MR) is 124 cm³/mol. The maximum Gasteiger partial charge on any atom is 0.306 e. The third-order valence-corrected chi connectivity index (χ3v) is 15.2. The largest absolute Gasteiger partial charge is 0.458 e. The smallest absolute Gasteiger partial charge is 0.306 e. The minimum Gasteiger partial charge on any atom is -0.458 e. The Balaban J connectivity index is 4.99. The molecule has 0 saturated carbocycles. The van der Waals surface area contributed by atoms with Crippen LogP contribution in [0.2, 0.25) is 36.3 Å². The van der Waals surface area contributed by atoms with Crippen molar-refractivity contribution in [3.63, 3.8) is 0 Å². The Morgan fingerprint density at radius 3 is 1.57 bits per heavy atom. The van der Waals surface area contributed by atoms with E-state index in [4.69, 9.17) is 13.6 Å². The Kier molecular flexibility index (Phi) is 10.6. The Hall–Kier alpha value is -0.216. The highest BCUT2D eigenvalue weighted by Crippen LogP contribution is 2.38. The van der Waals surface area contributed by atoms with Crippen LogP contribution in [-0.4, -0.2) is 67.5 Å². The third-order valence-electron chi connectivity index (χ3n) is 6.16. The van der Waals surface area contributed by atoms with E-state index in [1.165, 1.54) is 0 Å². The topological polar surface area (TPSA) is 48.0 Å². The Morgan fingerprint density at radius 2 is 1.25 bits per heavy atom. The van der Waals surface area contributed by atoms with Crippen molar-refractivity contribution < 1.29 is 18.4 Å². The van der Waals surface area contributed by atoms with Crippen molar-refractivity contribution in [2.75, 3.05) is 33.9 Å². The molecule has 0 atom stereocenters. The van der Waals surface area contributed by atoms with Gasteiger partial charge in [-0.15, -0.1) is 0 Å². The summed E-state index contributed by atoms with van der Waals surface area (Å²) in [6.45, 7) is 23.9. The van der Waals surface area contributed by atoms with E-state index < -0.39 is 16.6 Å². The Bertz CT molecular complexity index is 450. The molecule has 0 fully saturated rings. The fourth-order valence-electron chi connectivity index (χ4n) is 1.94. The third kappa shape index (κ3) is 10.0. The Morgan fingerprint density at radius 1 is 0.857 bits per heavy atom. The summed E-state index contributed by atoms with van der Waals surface area (Å²) >= 11 is 0. The number of nitrogens with zero attached hydrogens (tertiary/aromatic N) is 1. The number of ether oxygens (including phenoxy) is 1. The number of hydrogen-bond donors (Lipinski definition) is 0. The maximum atomic E-state index is 12.3. The molecule has 0 aliphatic rings. The lowest BCUT2D eigenvalue weighted by atomic mass is 10.2. The highest BCUT2D eigenvalue weighted by Gasteiger charge is 2.40. The lowest BCUT2D eigenvalue weighted by Crippen LogP contribution is -2.46. The van der Waals surface area contributed by atoms with Crippen LogP contribution in [0.1, 0.15) is 54.4 Å². The SMILES string of the molecule is CN(C)CCCC(=O)OC(CO[Si](C)(C)C(C)(C)C)CO[Si](C)(C)C(C)(C)C. The van der Waals surface area contributed by atoms with Crippen molar-refractivity contribution in [2.45, 2.75) is 96.8 Å². The lowest BCUT2D eigenvalue weighted by molar-refractivity contribution is -0.152. The van der Waals surface area contributed by atoms with E-state index >= 15 is 0 Å². The summed E-state index contributed by atoms with van der Waals surface area (Å²) in [6, 6.07) is 0. The molecule has 0 spiro atoms. The summed E-state index contributed by atoms with van der Waals surface area (Å²) < 4.78 is 18.5. The molecule has 0 aromatic carbocycles. The molecule has 0 heterocycles. The Labute approximate surface area is 176 Å². The van der Waals surface area contributed by atoms with Crippen molar-refractivity contribution >= 4 is 22.6 Å². The first-order valence-electron chi connectivity index (χ1n) is 10.5. The summed E-state index contributed by atoms with van der Waals surface area (Å²) in [4.78, 5) is 14.4. The van der Waals surface area contributed by atoms with Gasteiger partial charge in [-0.3, -0.25) is 4.79 Å². The molecular weight excluding hydrogens is 386 g/mol. The summed E-state index contributed by atoms with van der Waals surface area (Å²) in [5.41, 5.74) is 0. The molecule has 28 heavy (non-hydrogen) atoms. The molecule has 0 rings (SSSR count). The van der Waals surface area contributed by atoms with Gasteiger partial charge in [0.25, 0.3) is 0 Å². The van der Waals surface area contributed by atoms with Crippen LogP contribution in [0.4, 0.5) is 0 Å². The monoisotopic (exact) mass is 433 g/mol. The molecule has 0 aliphatic carbocycles. The van der Waals surface area contributed by atoms with Crippen molar-refractivity contribution in [3.8, 4) is 0 Å². The van der Waals surface area contributed by atoms with E-state index in [0.717, 1.165) is 13.0 Å². The van der Waals surface area contributed by atoms with E-state index in [2.05, 4.69) is 72.6 Å². The average molecular weight is 434 g/mol. The minimum atomic E-state index is -1.91. The van der Waals surface area contributed by atoms with Crippen molar-refractivity contribution in [3.05, 3.63) is 0 Å². The molecule has 0 radical (unpaired) electrons. The van der Waals surface area contributed by atoms with Gasteiger partial charge >= 0.3 is 5.97 Å². The molecule has 0 aliphatic heterocycles. The van der Waals surface area contributed by atoms with Crippen molar-refractivity contribution in [1.29, 1.82) is 0 Å². The second-order valence-corrected chi connectivity index (χ2v) is 20.8. The highest BCUT2D eigenvalue weighted by molar-refractivity contribution is 6.74. The zero-order chi connectivity index (χ0) is 22.4. The molecule has 0 saturated heterocycles. The number of carbonyl (C=O) groups excluding carboxylic acids is 1. The van der Waals surface area contributed by atoms with Gasteiger partial charge in [0.15, 0.2) is 16.6 Å². The van der Waals surface area contributed by atoms with E-state index in [1.807, 2.05) is 14.1 Å². The van der Waals surface area contributed by atoms with Crippen LogP contribution >= 0.6 is 0 Å². The summed E-state index contributed by atoms with van der Waals surface area (Å²) in [7, 11) is 0.191. The van der Waals surface area contributed by atoms with E-state index in [1.54, 1.807) is 0 Å². The first kappa shape index (κ1) is 27.8. The fraction of sp³-hybridized carbons (Fsp3) is 0.952. The second kappa shape index (κ2) is 10.7. The van der Waals surface area contributed by atoms with Crippen LogP contribution in [0.25, 0.3) is 0 Å². The van der Waals surface area contributed by atoms with Gasteiger partial charge in [0.1, 0.15) is 6.10 Å². The van der Waals surface area contributed by atoms with Crippen molar-refractivity contribution in [1.82, 2.24) is 4.90 Å². The number of esters is 1. The second-order valence-electron chi connectivity index (χ2n) is 11.2. The molecule has 0 bridgehead atoms. The highest BCUT2D eigenvalue weighted by atomic mass is 28.4. The van der Waals surface area contributed by atoms with Crippen molar-refractivity contribution in [2.24, 2.45) is 0 Å². The van der Waals surface area contributed by atoms with E-state index in [9.17, 15) is 4.79 Å². The number of hydrogen-bond acceptors (Lipinski definition) is 5. The average Bonchev–Trinajstić information content (AvgIpc) is 2.47. The summed E-state index contributed by atoms with van der Waals surface area (Å²) in [5.74, 6) is -0.162. The van der Waals surface area contributed by atoms with E-state index in [-0.39, 0.29) is 22.1 Å². The first-order chi connectivity index (χ1) is 12.4. The van der Waals surface area contributed by atoms with Gasteiger partial charge in [-0.25, -0.2) is 0 Å². The van der Waals surface area contributed by atoms with Gasteiger partial charge in [0.05, 0.1) is 13.2 Å². The standard InChI is InChI=1S/C21H47NO4Si2/c1-20(2,3)27(9,10)24-16-18(17-25-28(11,12)21(4,5)6)26-19(23)14-13-15-22(7)8/h18H,13-17H2,1-12H3. The normalized spacial score (nSPS) is 14.1. The molecule has 0 aromatic rings. The van der Waals surface area contributed by atoms with Gasteiger partial charge in [-0.1, -0.05) is 41.5 Å². The minimum absolute atomic E-state index is 0.119. The lowest BCUT2D eigenvalue weighted by Gasteiger charge is -2.39. The predicted octanol–water partition coefficient (Wildman–Crippen LogP) is 5.28. The summed E-state index contributed by atoms with van der Waals surface area (Å²) in [6.07, 6.45) is 0.870. The zero-order valence-electron chi connectivity index (χ0n) is 20.7. The molecule has 7 heteroatoms. The summed E-state index contributed by atoms with van der Waals surface area (Å²) in [5, 5.41) is 0.237. The molecular formula is C21H47NO4Si2. The quantitative estimate of drug-likeness (QED) is 0.327. The van der Waals surface area contributed by atoms with Gasteiger partial charge < -0.3 is 18.5 Å². The molecule has 5 nitrogen and oxygen atoms in total. The first-order valence-corrected chi connectivity index (χ1v) is 16.3. The van der Waals surface area contributed by atoms with Gasteiger partial charge in [-0.05, 0) is 63.3 Å². The molecule has 0 amide bonds. The number of rotatable bonds is 11. The van der Waals surface area contributed by atoms with Crippen LogP contribution in [0.5, 0.6) is 0 Å². The number of carbonyl (C=O) groups is 1. The van der Waals surface area contributed by atoms with Crippen LogP contribution in [0.3, 0.4) is 0 Å².